The van der Waals surface area contributed by atoms with Crippen LogP contribution in [-0.4, -0.2) is 29.1 Å². The zero-order chi connectivity index (χ0) is 17.2. The van der Waals surface area contributed by atoms with E-state index in [4.69, 9.17) is 10.5 Å². The molecule has 4 heteroatoms. The van der Waals surface area contributed by atoms with Gasteiger partial charge in [0.1, 0.15) is 17.7 Å². The second-order valence-electron chi connectivity index (χ2n) is 6.83. The van der Waals surface area contributed by atoms with E-state index < -0.39 is 0 Å². The van der Waals surface area contributed by atoms with Crippen molar-refractivity contribution in [3.63, 3.8) is 0 Å². The minimum absolute atomic E-state index is 0.237. The van der Waals surface area contributed by atoms with Gasteiger partial charge in [0, 0.05) is 31.2 Å². The fourth-order valence-electron chi connectivity index (χ4n) is 3.55. The molecule has 0 spiro atoms. The van der Waals surface area contributed by atoms with Crippen LogP contribution in [0.2, 0.25) is 0 Å². The zero-order valence-corrected chi connectivity index (χ0v) is 14.5. The Morgan fingerprint density at radius 1 is 1.20 bits per heavy atom. The molecule has 1 atom stereocenters. The third kappa shape index (κ3) is 3.59. The highest BCUT2D eigenvalue weighted by Gasteiger charge is 2.24. The number of nitrogen functional groups attached to an aromatic ring is 1. The molecule has 1 unspecified atom stereocenters. The summed E-state index contributed by atoms with van der Waals surface area (Å²) in [7, 11) is 0. The summed E-state index contributed by atoms with van der Waals surface area (Å²) in [5.74, 6) is 1.47. The van der Waals surface area contributed by atoms with Crippen LogP contribution in [0.15, 0.2) is 54.7 Å². The van der Waals surface area contributed by atoms with Gasteiger partial charge < -0.3 is 10.5 Å². The summed E-state index contributed by atoms with van der Waals surface area (Å²) in [6, 6.07) is 16.7. The molecule has 0 bridgehead atoms. The van der Waals surface area contributed by atoms with Gasteiger partial charge in [-0.3, -0.25) is 4.90 Å². The fraction of sp³-hybridized carbons (Fsp3) is 0.286. The van der Waals surface area contributed by atoms with Crippen molar-refractivity contribution < 1.29 is 4.74 Å². The highest BCUT2D eigenvalue weighted by Crippen LogP contribution is 2.26. The van der Waals surface area contributed by atoms with Crippen molar-refractivity contribution in [3.8, 4) is 5.75 Å². The number of rotatable bonds is 4. The van der Waals surface area contributed by atoms with E-state index in [0.717, 1.165) is 42.6 Å². The van der Waals surface area contributed by atoms with E-state index in [1.165, 1.54) is 11.1 Å². The number of aryl methyl sites for hydroxylation is 1. The number of likely N-dealkylation sites (tertiary alicyclic amines) is 1. The van der Waals surface area contributed by atoms with E-state index in [2.05, 4.69) is 47.1 Å². The SMILES string of the molecule is Cc1cccc(CN2CCC(Oc3ccc4c(N)nccc4c3)C2)c1. The van der Waals surface area contributed by atoms with Crippen molar-refractivity contribution in [2.75, 3.05) is 18.8 Å². The number of ether oxygens (including phenoxy) is 1. The van der Waals surface area contributed by atoms with E-state index in [1.807, 2.05) is 18.2 Å². The number of pyridine rings is 1. The second-order valence-corrected chi connectivity index (χ2v) is 6.83. The lowest BCUT2D eigenvalue weighted by atomic mass is 10.1. The lowest BCUT2D eigenvalue weighted by Crippen LogP contribution is -2.24. The van der Waals surface area contributed by atoms with Gasteiger partial charge >= 0.3 is 0 Å². The van der Waals surface area contributed by atoms with E-state index in [1.54, 1.807) is 6.20 Å². The predicted molar refractivity (Wildman–Crippen MR) is 102 cm³/mol. The molecule has 2 heterocycles. The first-order valence-corrected chi connectivity index (χ1v) is 8.76. The monoisotopic (exact) mass is 333 g/mol. The number of nitrogens with zero attached hydrogens (tertiary/aromatic N) is 2. The summed E-state index contributed by atoms with van der Waals surface area (Å²) in [5, 5.41) is 2.04. The molecule has 1 fully saturated rings. The Bertz CT molecular complexity index is 893. The normalized spacial score (nSPS) is 17.9. The van der Waals surface area contributed by atoms with Crippen LogP contribution in [0.3, 0.4) is 0 Å². The number of benzene rings is 2. The molecule has 0 radical (unpaired) electrons. The Kier molecular flexibility index (Phi) is 4.28. The van der Waals surface area contributed by atoms with Crippen LogP contribution in [-0.2, 0) is 6.54 Å². The van der Waals surface area contributed by atoms with Crippen molar-refractivity contribution in [1.82, 2.24) is 9.88 Å². The van der Waals surface area contributed by atoms with Crippen LogP contribution in [0.1, 0.15) is 17.5 Å². The largest absolute Gasteiger partial charge is 0.489 e. The molecule has 0 saturated carbocycles. The van der Waals surface area contributed by atoms with Crippen LogP contribution in [0.5, 0.6) is 5.75 Å². The number of anilines is 1. The fourth-order valence-corrected chi connectivity index (χ4v) is 3.55. The molecule has 1 aliphatic rings. The average Bonchev–Trinajstić information content (AvgIpc) is 3.02. The third-order valence-electron chi connectivity index (χ3n) is 4.79. The topological polar surface area (TPSA) is 51.4 Å². The molecule has 1 aromatic heterocycles. The maximum atomic E-state index is 6.21. The van der Waals surface area contributed by atoms with Crippen LogP contribution in [0.4, 0.5) is 5.82 Å². The molecular formula is C21H23N3O. The van der Waals surface area contributed by atoms with Gasteiger partial charge in [0.15, 0.2) is 0 Å². The third-order valence-corrected chi connectivity index (χ3v) is 4.79. The van der Waals surface area contributed by atoms with Crippen molar-refractivity contribution >= 4 is 16.6 Å². The van der Waals surface area contributed by atoms with Gasteiger partial charge in [-0.05, 0) is 48.6 Å². The lowest BCUT2D eigenvalue weighted by Gasteiger charge is -2.17. The number of hydrogen-bond acceptors (Lipinski definition) is 4. The minimum atomic E-state index is 0.237. The maximum absolute atomic E-state index is 6.21. The van der Waals surface area contributed by atoms with Crippen molar-refractivity contribution in [1.29, 1.82) is 0 Å². The number of nitrogens with two attached hydrogens (primary N) is 1. The molecule has 4 nitrogen and oxygen atoms in total. The Labute approximate surface area is 148 Å². The Balaban J connectivity index is 1.41. The van der Waals surface area contributed by atoms with Crippen molar-refractivity contribution in [2.24, 2.45) is 0 Å². The van der Waals surface area contributed by atoms with Gasteiger partial charge in [-0.2, -0.15) is 0 Å². The number of aromatic nitrogens is 1. The van der Waals surface area contributed by atoms with Crippen LogP contribution in [0, 0.1) is 6.92 Å². The summed E-state index contributed by atoms with van der Waals surface area (Å²) >= 11 is 0. The summed E-state index contributed by atoms with van der Waals surface area (Å²) < 4.78 is 6.21. The van der Waals surface area contributed by atoms with Gasteiger partial charge in [0.2, 0.25) is 0 Å². The molecule has 128 valence electrons. The summed E-state index contributed by atoms with van der Waals surface area (Å²) in [6.45, 7) is 5.16. The average molecular weight is 333 g/mol. The molecule has 1 saturated heterocycles. The van der Waals surface area contributed by atoms with E-state index >= 15 is 0 Å². The van der Waals surface area contributed by atoms with Gasteiger partial charge in [-0.15, -0.1) is 0 Å². The van der Waals surface area contributed by atoms with E-state index in [-0.39, 0.29) is 6.10 Å². The van der Waals surface area contributed by atoms with Crippen LogP contribution in [0.25, 0.3) is 10.8 Å². The van der Waals surface area contributed by atoms with E-state index in [9.17, 15) is 0 Å². The molecule has 25 heavy (non-hydrogen) atoms. The Morgan fingerprint density at radius 2 is 2.12 bits per heavy atom. The van der Waals surface area contributed by atoms with Gasteiger partial charge in [-0.1, -0.05) is 29.8 Å². The lowest BCUT2D eigenvalue weighted by molar-refractivity contribution is 0.198. The summed E-state index contributed by atoms with van der Waals surface area (Å²) in [6.07, 6.45) is 3.03. The molecule has 4 rings (SSSR count). The zero-order valence-electron chi connectivity index (χ0n) is 14.5. The predicted octanol–water partition coefficient (Wildman–Crippen LogP) is 3.78. The first kappa shape index (κ1) is 15.9. The molecule has 3 aromatic rings. The maximum Gasteiger partial charge on any atom is 0.131 e. The van der Waals surface area contributed by atoms with Crippen LogP contribution >= 0.6 is 0 Å². The Morgan fingerprint density at radius 3 is 3.00 bits per heavy atom. The Hall–Kier alpha value is -2.59. The number of fused-ring (bicyclic) bond motifs is 1. The molecule has 2 N–H and O–H groups in total. The smallest absolute Gasteiger partial charge is 0.131 e. The highest BCUT2D eigenvalue weighted by atomic mass is 16.5. The second kappa shape index (κ2) is 6.73. The molecule has 0 aliphatic carbocycles. The van der Waals surface area contributed by atoms with Gasteiger partial charge in [0.05, 0.1) is 0 Å². The summed E-state index contributed by atoms with van der Waals surface area (Å²) in [4.78, 5) is 6.59. The first-order valence-electron chi connectivity index (χ1n) is 8.76. The molecule has 0 amide bonds. The first-order chi connectivity index (χ1) is 12.2. The minimum Gasteiger partial charge on any atom is -0.489 e. The molecular weight excluding hydrogens is 310 g/mol. The van der Waals surface area contributed by atoms with E-state index in [0.29, 0.717) is 5.82 Å². The van der Waals surface area contributed by atoms with Crippen molar-refractivity contribution in [3.05, 3.63) is 65.9 Å². The molecule has 1 aliphatic heterocycles. The van der Waals surface area contributed by atoms with Gasteiger partial charge in [0.25, 0.3) is 0 Å². The quantitative estimate of drug-likeness (QED) is 0.789. The van der Waals surface area contributed by atoms with Gasteiger partial charge in [-0.25, -0.2) is 4.98 Å². The number of hydrogen-bond donors (Lipinski definition) is 1. The standard InChI is InChI=1S/C21H23N3O/c1-15-3-2-4-16(11-15)13-24-10-8-19(14-24)25-18-5-6-20-17(12-18)7-9-23-21(20)22/h2-7,9,11-12,19H,8,10,13-14H2,1H3,(H2,22,23). The molecule has 2 aromatic carbocycles. The van der Waals surface area contributed by atoms with Crippen LogP contribution < -0.4 is 10.5 Å². The highest BCUT2D eigenvalue weighted by molar-refractivity contribution is 5.91. The summed E-state index contributed by atoms with van der Waals surface area (Å²) in [5.41, 5.74) is 8.60. The van der Waals surface area contributed by atoms with Crippen molar-refractivity contribution in [2.45, 2.75) is 26.0 Å².